The summed E-state index contributed by atoms with van der Waals surface area (Å²) in [6.07, 6.45) is 11.2. The largest absolute Gasteiger partial charge is 0.504 e. The van der Waals surface area contributed by atoms with Crippen LogP contribution in [-0.4, -0.2) is 21.8 Å². The topological polar surface area (TPSA) is 105 Å². The zero-order valence-electron chi connectivity index (χ0n) is 27.8. The fraction of sp³-hybridized carbons (Fsp3) is 0.500. The molecule has 236 valence electrons. The maximum atomic E-state index is 15.5. The van der Waals surface area contributed by atoms with Gasteiger partial charge in [0.1, 0.15) is 22.3 Å². The normalized spacial score (nSPS) is 25.7. The van der Waals surface area contributed by atoms with Crippen molar-refractivity contribution in [1.29, 1.82) is 0 Å². The first-order chi connectivity index (χ1) is 20.5. The highest BCUT2D eigenvalue weighted by atomic mass is 16.3. The van der Waals surface area contributed by atoms with Crippen LogP contribution in [0.4, 0.5) is 0 Å². The second kappa shape index (κ2) is 12.0. The summed E-state index contributed by atoms with van der Waals surface area (Å²) in [5, 5.41) is 20.6. The van der Waals surface area contributed by atoms with E-state index in [0.717, 1.165) is 22.8 Å². The highest BCUT2D eigenvalue weighted by Gasteiger charge is 2.73. The van der Waals surface area contributed by atoms with Gasteiger partial charge in [-0.2, -0.15) is 0 Å². The molecule has 2 aliphatic carbocycles. The van der Waals surface area contributed by atoms with Gasteiger partial charge in [0.2, 0.25) is 5.43 Å². The SMILES string of the molecule is CC(C)=CCC[C@@]1(C)[C@H](CC=C(C)C)C[C@]2(CC=C(C)C)C(=O)[C@@]1(CC=C(C)C)C(=O)c1c2oc2cc(O)c(O)cc2c1=O. The number of ketones is 2. The van der Waals surface area contributed by atoms with Gasteiger partial charge in [-0.25, -0.2) is 0 Å². The molecule has 0 radical (unpaired) electrons. The predicted molar refractivity (Wildman–Crippen MR) is 176 cm³/mol. The first-order valence-electron chi connectivity index (χ1n) is 15.7. The Morgan fingerprint density at radius 2 is 1.41 bits per heavy atom. The van der Waals surface area contributed by atoms with Crippen LogP contribution < -0.4 is 5.43 Å². The quantitative estimate of drug-likeness (QED) is 0.169. The summed E-state index contributed by atoms with van der Waals surface area (Å²) in [5.74, 6) is -1.57. The number of phenols is 2. The Labute approximate surface area is 261 Å². The van der Waals surface area contributed by atoms with Crippen LogP contribution in [0.5, 0.6) is 11.5 Å². The Morgan fingerprint density at radius 1 is 0.841 bits per heavy atom. The molecule has 1 aromatic carbocycles. The van der Waals surface area contributed by atoms with Gasteiger partial charge in [0, 0.05) is 6.07 Å². The molecule has 0 spiro atoms. The van der Waals surface area contributed by atoms with Gasteiger partial charge in [0.05, 0.1) is 10.8 Å². The number of benzene rings is 1. The lowest BCUT2D eigenvalue weighted by Crippen LogP contribution is -2.69. The molecule has 1 saturated carbocycles. The van der Waals surface area contributed by atoms with Gasteiger partial charge in [0.25, 0.3) is 0 Å². The number of Topliss-reactive ketones (excluding diaryl/α,β-unsaturated/α-hetero) is 2. The van der Waals surface area contributed by atoms with E-state index in [1.54, 1.807) is 0 Å². The highest BCUT2D eigenvalue weighted by Crippen LogP contribution is 2.67. The summed E-state index contributed by atoms with van der Waals surface area (Å²) in [5.41, 5.74) is 0.180. The Hall–Kier alpha value is -3.67. The molecule has 1 heterocycles. The summed E-state index contributed by atoms with van der Waals surface area (Å²) in [6, 6.07) is 2.33. The van der Waals surface area contributed by atoms with E-state index in [1.807, 2.05) is 53.7 Å². The standard InChI is InChI=1S/C38H48O6/c1-22(2)11-10-16-36(9)26(13-12-23(3)4)21-37(17-14-24(5)6)34-31(33(42)38(36,35(37)43)18-15-25(7)8)32(41)27-19-28(39)29(40)20-30(27)44-34/h11-12,14-15,19-20,26,39-40H,10,13,16-18,21H2,1-9H3/t26-,36+,37+,38-/m1/s1. The van der Waals surface area contributed by atoms with Crippen LogP contribution in [0, 0.1) is 16.7 Å². The van der Waals surface area contributed by atoms with Crippen molar-refractivity contribution in [3.63, 3.8) is 0 Å². The van der Waals surface area contributed by atoms with E-state index >= 15 is 9.59 Å². The average Bonchev–Trinajstić information content (AvgIpc) is 2.92. The van der Waals surface area contributed by atoms with Crippen molar-refractivity contribution < 1.29 is 24.2 Å². The monoisotopic (exact) mass is 600 g/mol. The van der Waals surface area contributed by atoms with E-state index in [0.29, 0.717) is 32.1 Å². The third-order valence-corrected chi connectivity index (χ3v) is 10.0. The van der Waals surface area contributed by atoms with Crippen LogP contribution in [0.15, 0.2) is 67.9 Å². The zero-order valence-corrected chi connectivity index (χ0v) is 27.8. The molecule has 2 N–H and O–H groups in total. The minimum Gasteiger partial charge on any atom is -0.504 e. The molecule has 0 aliphatic heterocycles. The maximum absolute atomic E-state index is 15.5. The summed E-state index contributed by atoms with van der Waals surface area (Å²) < 4.78 is 6.41. The Morgan fingerprint density at radius 3 is 2.00 bits per heavy atom. The smallest absolute Gasteiger partial charge is 0.204 e. The molecule has 1 aromatic heterocycles. The molecule has 4 rings (SSSR count). The van der Waals surface area contributed by atoms with Gasteiger partial charge >= 0.3 is 0 Å². The van der Waals surface area contributed by atoms with Gasteiger partial charge in [-0.1, -0.05) is 53.5 Å². The highest BCUT2D eigenvalue weighted by molar-refractivity contribution is 6.23. The Kier molecular flexibility index (Phi) is 9.08. The molecular formula is C38H48O6. The molecule has 2 aliphatic rings. The van der Waals surface area contributed by atoms with Gasteiger partial charge in [-0.3, -0.25) is 14.4 Å². The number of fused-ring (bicyclic) bond motifs is 5. The van der Waals surface area contributed by atoms with E-state index in [2.05, 4.69) is 32.9 Å². The number of allylic oxidation sites excluding steroid dienone is 8. The lowest BCUT2D eigenvalue weighted by Gasteiger charge is -2.61. The molecule has 0 unspecified atom stereocenters. The number of phenolic OH excluding ortho intramolecular Hbond substituents is 2. The third-order valence-electron chi connectivity index (χ3n) is 10.0. The van der Waals surface area contributed by atoms with Crippen LogP contribution in [-0.2, 0) is 10.2 Å². The van der Waals surface area contributed by atoms with E-state index < -0.39 is 39.0 Å². The fourth-order valence-electron chi connectivity index (χ4n) is 7.51. The van der Waals surface area contributed by atoms with Crippen molar-refractivity contribution in [1.82, 2.24) is 0 Å². The number of carbonyl (C=O) groups is 2. The molecular weight excluding hydrogens is 552 g/mol. The van der Waals surface area contributed by atoms with Gasteiger partial charge < -0.3 is 14.6 Å². The lowest BCUT2D eigenvalue weighted by atomic mass is 9.38. The number of hydrogen-bond acceptors (Lipinski definition) is 6. The molecule has 0 saturated heterocycles. The average molecular weight is 601 g/mol. The van der Waals surface area contributed by atoms with Crippen molar-refractivity contribution in [2.24, 2.45) is 16.7 Å². The van der Waals surface area contributed by atoms with Crippen LogP contribution >= 0.6 is 0 Å². The number of aromatic hydroxyl groups is 2. The Bertz CT molecular complexity index is 1680. The second-order valence-corrected chi connectivity index (χ2v) is 14.2. The maximum Gasteiger partial charge on any atom is 0.204 e. The summed E-state index contributed by atoms with van der Waals surface area (Å²) in [4.78, 5) is 45.0. The fourth-order valence-corrected chi connectivity index (χ4v) is 7.51. The van der Waals surface area contributed by atoms with Gasteiger partial charge in [-0.05, 0) is 111 Å². The number of rotatable bonds is 9. The second-order valence-electron chi connectivity index (χ2n) is 14.2. The van der Waals surface area contributed by atoms with Crippen molar-refractivity contribution in [3.8, 4) is 11.5 Å². The van der Waals surface area contributed by atoms with Crippen LogP contribution in [0.3, 0.4) is 0 Å². The zero-order chi connectivity index (χ0) is 32.8. The summed E-state index contributed by atoms with van der Waals surface area (Å²) in [6.45, 7) is 18.1. The molecule has 2 bridgehead atoms. The van der Waals surface area contributed by atoms with Gasteiger partial charge in [-0.15, -0.1) is 0 Å². The van der Waals surface area contributed by atoms with Crippen molar-refractivity contribution in [2.45, 2.75) is 106 Å². The molecule has 1 fully saturated rings. The van der Waals surface area contributed by atoms with E-state index in [1.165, 1.54) is 11.6 Å². The van der Waals surface area contributed by atoms with Crippen LogP contribution in [0.2, 0.25) is 0 Å². The molecule has 0 amide bonds. The lowest BCUT2D eigenvalue weighted by molar-refractivity contribution is -0.154. The van der Waals surface area contributed by atoms with Crippen molar-refractivity contribution in [3.05, 3.63) is 80.3 Å². The summed E-state index contributed by atoms with van der Waals surface area (Å²) >= 11 is 0. The van der Waals surface area contributed by atoms with Crippen LogP contribution in [0.25, 0.3) is 11.0 Å². The molecule has 2 aromatic rings. The van der Waals surface area contributed by atoms with Crippen molar-refractivity contribution >= 4 is 22.5 Å². The minimum atomic E-state index is -1.50. The van der Waals surface area contributed by atoms with Crippen LogP contribution in [0.1, 0.15) is 117 Å². The molecule has 44 heavy (non-hydrogen) atoms. The third kappa shape index (κ3) is 5.31. The minimum absolute atomic E-state index is 0.00175. The first-order valence-corrected chi connectivity index (χ1v) is 15.7. The van der Waals surface area contributed by atoms with E-state index in [-0.39, 0.29) is 40.4 Å². The van der Waals surface area contributed by atoms with Crippen molar-refractivity contribution in [2.75, 3.05) is 0 Å². The van der Waals surface area contributed by atoms with E-state index in [9.17, 15) is 15.0 Å². The molecule has 4 atom stereocenters. The van der Waals surface area contributed by atoms with E-state index in [4.69, 9.17) is 4.42 Å². The molecule has 6 nitrogen and oxygen atoms in total. The number of carbonyl (C=O) groups excluding carboxylic acids is 2. The number of hydrogen-bond donors (Lipinski definition) is 2. The van der Waals surface area contributed by atoms with Gasteiger partial charge in [0.15, 0.2) is 23.1 Å². The summed E-state index contributed by atoms with van der Waals surface area (Å²) in [7, 11) is 0. The first kappa shape index (κ1) is 33.2. The Balaban J connectivity index is 2.20. The predicted octanol–water partition coefficient (Wildman–Crippen LogP) is 9.04. The molecule has 6 heteroatoms.